The summed E-state index contributed by atoms with van der Waals surface area (Å²) in [6.07, 6.45) is 3.62. The van der Waals surface area contributed by atoms with Gasteiger partial charge in [0.1, 0.15) is 0 Å². The summed E-state index contributed by atoms with van der Waals surface area (Å²) in [4.78, 5) is 6.92. The van der Waals surface area contributed by atoms with Crippen LogP contribution in [0.5, 0.6) is 11.5 Å². The largest absolute Gasteiger partial charge is 0.493 e. The fraction of sp³-hybridized carbons (Fsp3) is 0.708. The average Bonchev–Trinajstić information content (AvgIpc) is 3.61. The van der Waals surface area contributed by atoms with Crippen molar-refractivity contribution in [2.24, 2.45) is 10.4 Å². The minimum absolute atomic E-state index is 0. The van der Waals surface area contributed by atoms with Crippen LogP contribution in [0.15, 0.2) is 23.2 Å². The third-order valence-electron chi connectivity index (χ3n) is 6.53. The number of hydrogen-bond acceptors (Lipinski definition) is 6. The van der Waals surface area contributed by atoms with E-state index in [1.54, 1.807) is 14.2 Å². The zero-order valence-electron chi connectivity index (χ0n) is 20.5. The second-order valence-corrected chi connectivity index (χ2v) is 8.53. The molecule has 0 aromatic heterocycles. The third kappa shape index (κ3) is 8.15. The second kappa shape index (κ2) is 14.2. The van der Waals surface area contributed by atoms with E-state index in [4.69, 9.17) is 18.9 Å². The molecule has 1 saturated heterocycles. The molecule has 0 radical (unpaired) electrons. The second-order valence-electron chi connectivity index (χ2n) is 8.53. The predicted molar refractivity (Wildman–Crippen MR) is 142 cm³/mol. The Balaban J connectivity index is 0.00000385. The molecule has 0 bridgehead atoms. The smallest absolute Gasteiger partial charge is 0.191 e. The van der Waals surface area contributed by atoms with Crippen LogP contribution in [0.4, 0.5) is 0 Å². The molecule has 0 spiro atoms. The highest BCUT2D eigenvalue weighted by Crippen LogP contribution is 2.48. The topological polar surface area (TPSA) is 76.6 Å². The first-order valence-corrected chi connectivity index (χ1v) is 11.7. The van der Waals surface area contributed by atoms with Gasteiger partial charge in [0.15, 0.2) is 17.5 Å². The number of morpholine rings is 1. The van der Waals surface area contributed by atoms with E-state index in [0.717, 1.165) is 76.5 Å². The summed E-state index contributed by atoms with van der Waals surface area (Å²) in [5, 5.41) is 7.10. The number of nitrogens with zero attached hydrogens (tertiary/aromatic N) is 2. The molecule has 9 heteroatoms. The summed E-state index contributed by atoms with van der Waals surface area (Å²) < 4.78 is 22.1. The van der Waals surface area contributed by atoms with E-state index < -0.39 is 0 Å². The van der Waals surface area contributed by atoms with E-state index in [2.05, 4.69) is 32.7 Å². The summed E-state index contributed by atoms with van der Waals surface area (Å²) >= 11 is 0. The number of halogens is 1. The van der Waals surface area contributed by atoms with Gasteiger partial charge in [-0.1, -0.05) is 6.07 Å². The maximum atomic E-state index is 5.58. The van der Waals surface area contributed by atoms with Crippen molar-refractivity contribution in [2.45, 2.75) is 32.2 Å². The monoisotopic (exact) mass is 576 g/mol. The van der Waals surface area contributed by atoms with Crippen molar-refractivity contribution in [3.8, 4) is 11.5 Å². The molecule has 0 amide bonds. The van der Waals surface area contributed by atoms with Crippen LogP contribution >= 0.6 is 24.0 Å². The minimum atomic E-state index is 0. The quantitative estimate of drug-likeness (QED) is 0.172. The first kappa shape index (κ1) is 27.9. The van der Waals surface area contributed by atoms with E-state index in [1.165, 1.54) is 18.4 Å². The lowest BCUT2D eigenvalue weighted by Gasteiger charge is -2.35. The summed E-state index contributed by atoms with van der Waals surface area (Å²) in [5.74, 6) is 2.33. The van der Waals surface area contributed by atoms with E-state index in [-0.39, 0.29) is 30.0 Å². The van der Waals surface area contributed by atoms with Gasteiger partial charge in [0.05, 0.1) is 33.5 Å². The highest BCUT2D eigenvalue weighted by atomic mass is 127. The van der Waals surface area contributed by atoms with Gasteiger partial charge in [-0.05, 0) is 49.3 Å². The van der Waals surface area contributed by atoms with Gasteiger partial charge in [-0.3, -0.25) is 9.89 Å². The first-order chi connectivity index (χ1) is 15.6. The lowest BCUT2D eigenvalue weighted by Crippen LogP contribution is -2.47. The standard InChI is InChI=1S/C24H40N4O4.HI/c1-5-31-13-10-24(8-9-24)18-27-23(25-2)26-17-20(28-11-14-32-15-12-28)19-6-7-21(29-3)22(16-19)30-4;/h6-7,16,20H,5,8-15,17-18H2,1-4H3,(H2,25,26,27);1H. The number of benzene rings is 1. The van der Waals surface area contributed by atoms with Crippen molar-refractivity contribution >= 4 is 29.9 Å². The van der Waals surface area contributed by atoms with E-state index in [1.807, 2.05) is 20.0 Å². The molecule has 2 fully saturated rings. The zero-order chi connectivity index (χ0) is 22.8. The van der Waals surface area contributed by atoms with Crippen LogP contribution in [0.1, 0.15) is 37.8 Å². The molecule has 8 nitrogen and oxygen atoms in total. The number of ether oxygens (including phenoxy) is 4. The number of nitrogens with one attached hydrogen (secondary N) is 2. The van der Waals surface area contributed by atoms with Crippen molar-refractivity contribution in [2.75, 3.05) is 73.9 Å². The van der Waals surface area contributed by atoms with Gasteiger partial charge in [-0.2, -0.15) is 0 Å². The number of guanidine groups is 1. The van der Waals surface area contributed by atoms with Crippen molar-refractivity contribution in [3.05, 3.63) is 23.8 Å². The summed E-state index contributed by atoms with van der Waals surface area (Å²) in [6, 6.07) is 6.34. The van der Waals surface area contributed by atoms with Crippen LogP contribution in [0, 0.1) is 5.41 Å². The third-order valence-corrected chi connectivity index (χ3v) is 6.53. The Hall–Kier alpha value is -1.30. The Morgan fingerprint density at radius 3 is 2.48 bits per heavy atom. The normalized spacial score (nSPS) is 18.7. The SMILES string of the molecule is CCOCCC1(CNC(=NC)NCC(c2ccc(OC)c(OC)c2)N2CCOCC2)CC1.I. The Labute approximate surface area is 215 Å². The zero-order valence-corrected chi connectivity index (χ0v) is 22.9. The number of hydrogen-bond donors (Lipinski definition) is 2. The lowest BCUT2D eigenvalue weighted by molar-refractivity contribution is 0.0169. The van der Waals surface area contributed by atoms with E-state index in [9.17, 15) is 0 Å². The molecule has 3 rings (SSSR count). The minimum Gasteiger partial charge on any atom is -0.493 e. The molecule has 2 N–H and O–H groups in total. The molecule has 2 aliphatic rings. The van der Waals surface area contributed by atoms with Crippen LogP contribution in [0.3, 0.4) is 0 Å². The van der Waals surface area contributed by atoms with Gasteiger partial charge in [-0.15, -0.1) is 24.0 Å². The fourth-order valence-corrected chi connectivity index (χ4v) is 4.22. The summed E-state index contributed by atoms with van der Waals surface area (Å²) in [5.41, 5.74) is 1.54. The molecule has 1 atom stereocenters. The van der Waals surface area contributed by atoms with Crippen LogP contribution in [0.25, 0.3) is 0 Å². The van der Waals surface area contributed by atoms with Gasteiger partial charge in [-0.25, -0.2) is 0 Å². The molecule has 188 valence electrons. The molecular formula is C24H41IN4O4. The predicted octanol–water partition coefficient (Wildman–Crippen LogP) is 3.07. The number of methoxy groups -OCH3 is 2. The van der Waals surface area contributed by atoms with E-state index in [0.29, 0.717) is 5.41 Å². The highest BCUT2D eigenvalue weighted by Gasteiger charge is 2.42. The molecule has 1 aliphatic heterocycles. The molecule has 33 heavy (non-hydrogen) atoms. The van der Waals surface area contributed by atoms with Gasteiger partial charge >= 0.3 is 0 Å². The van der Waals surface area contributed by atoms with Crippen LogP contribution in [0.2, 0.25) is 0 Å². The number of rotatable bonds is 12. The van der Waals surface area contributed by atoms with Crippen molar-refractivity contribution in [1.29, 1.82) is 0 Å². The highest BCUT2D eigenvalue weighted by molar-refractivity contribution is 14.0. The van der Waals surface area contributed by atoms with Crippen LogP contribution in [-0.4, -0.2) is 84.7 Å². The summed E-state index contributed by atoms with van der Waals surface area (Å²) in [6.45, 7) is 8.62. The molecule has 1 saturated carbocycles. The van der Waals surface area contributed by atoms with Crippen LogP contribution in [-0.2, 0) is 9.47 Å². The Morgan fingerprint density at radius 2 is 1.88 bits per heavy atom. The van der Waals surface area contributed by atoms with Crippen molar-refractivity contribution < 1.29 is 18.9 Å². The average molecular weight is 577 g/mol. The Kier molecular flexibility index (Phi) is 12.0. The first-order valence-electron chi connectivity index (χ1n) is 11.7. The molecule has 1 unspecified atom stereocenters. The lowest BCUT2D eigenvalue weighted by atomic mass is 10.0. The Morgan fingerprint density at radius 1 is 1.15 bits per heavy atom. The van der Waals surface area contributed by atoms with Gasteiger partial charge in [0.25, 0.3) is 0 Å². The van der Waals surface area contributed by atoms with Crippen molar-refractivity contribution in [3.63, 3.8) is 0 Å². The summed E-state index contributed by atoms with van der Waals surface area (Å²) in [7, 11) is 5.17. The molecule has 1 heterocycles. The molecular weight excluding hydrogens is 535 g/mol. The molecule has 1 aliphatic carbocycles. The van der Waals surface area contributed by atoms with Gasteiger partial charge in [0, 0.05) is 46.4 Å². The van der Waals surface area contributed by atoms with E-state index >= 15 is 0 Å². The maximum Gasteiger partial charge on any atom is 0.191 e. The van der Waals surface area contributed by atoms with Gasteiger partial charge < -0.3 is 29.6 Å². The maximum absolute atomic E-state index is 5.58. The van der Waals surface area contributed by atoms with Crippen LogP contribution < -0.4 is 20.1 Å². The number of aliphatic imine (C=N–C) groups is 1. The van der Waals surface area contributed by atoms with Crippen molar-refractivity contribution in [1.82, 2.24) is 15.5 Å². The molecule has 1 aromatic rings. The Bertz CT molecular complexity index is 739. The fourth-order valence-electron chi connectivity index (χ4n) is 4.22. The molecule has 1 aromatic carbocycles. The van der Waals surface area contributed by atoms with Gasteiger partial charge in [0.2, 0.25) is 0 Å².